The molecule has 0 radical (unpaired) electrons. The predicted octanol–water partition coefficient (Wildman–Crippen LogP) is 3.52. The van der Waals surface area contributed by atoms with Gasteiger partial charge in [0.15, 0.2) is 0 Å². The number of carbonyl (C=O) groups excluding carboxylic acids is 2. The average Bonchev–Trinajstić information content (AvgIpc) is 3.47. The highest BCUT2D eigenvalue weighted by molar-refractivity contribution is 6.08. The number of carbonyl (C=O) groups is 2. The van der Waals surface area contributed by atoms with Crippen LogP contribution < -0.4 is 0 Å². The van der Waals surface area contributed by atoms with Gasteiger partial charge in [-0.2, -0.15) is 10.1 Å². The minimum absolute atomic E-state index is 0.117. The van der Waals surface area contributed by atoms with E-state index in [0.717, 1.165) is 27.2 Å². The first-order valence-corrected chi connectivity index (χ1v) is 10.4. The van der Waals surface area contributed by atoms with Crippen molar-refractivity contribution < 1.29 is 9.59 Å². The number of allylic oxidation sites excluding steroid dienone is 3. The fourth-order valence-electron chi connectivity index (χ4n) is 6.16. The molecule has 1 aromatic carbocycles. The van der Waals surface area contributed by atoms with Crippen molar-refractivity contribution in [3.63, 3.8) is 0 Å². The molecule has 2 aromatic rings. The number of amides is 2. The third-order valence-corrected chi connectivity index (χ3v) is 7.53. The van der Waals surface area contributed by atoms with Crippen LogP contribution >= 0.6 is 0 Å². The highest BCUT2D eigenvalue weighted by atomic mass is 16.2. The summed E-state index contributed by atoms with van der Waals surface area (Å²) in [7, 11) is 0. The first-order valence-electron chi connectivity index (χ1n) is 10.4. The summed E-state index contributed by atoms with van der Waals surface area (Å²) in [5, 5.41) is 6.67. The summed E-state index contributed by atoms with van der Waals surface area (Å²) in [4.78, 5) is 26.2. The van der Waals surface area contributed by atoms with Gasteiger partial charge in [0.2, 0.25) is 0 Å². The number of hydrogen-bond acceptors (Lipinski definition) is 3. The molecule has 5 aliphatic rings. The molecule has 5 nitrogen and oxygen atoms in total. The number of para-hydroxylation sites is 1. The number of hydrazone groups is 1. The number of benzene rings is 1. The molecular formula is C24H23N3O2. The summed E-state index contributed by atoms with van der Waals surface area (Å²) in [5.41, 5.74) is 3.10. The predicted molar refractivity (Wildman–Crippen MR) is 111 cm³/mol. The molecule has 0 unspecified atom stereocenters. The molecular weight excluding hydrogens is 362 g/mol. The molecule has 146 valence electrons. The first kappa shape index (κ1) is 17.0. The monoisotopic (exact) mass is 385 g/mol. The lowest BCUT2D eigenvalue weighted by atomic mass is 9.63. The summed E-state index contributed by atoms with van der Waals surface area (Å²) in [6.45, 7) is 6.59. The van der Waals surface area contributed by atoms with Crippen molar-refractivity contribution in [2.45, 2.75) is 19.9 Å². The molecule has 3 fully saturated rings. The van der Waals surface area contributed by atoms with Crippen LogP contribution in [0.4, 0.5) is 0 Å². The molecule has 5 heteroatoms. The Morgan fingerprint density at radius 2 is 1.76 bits per heavy atom. The van der Waals surface area contributed by atoms with Crippen molar-refractivity contribution in [2.24, 2.45) is 40.6 Å². The lowest BCUT2D eigenvalue weighted by Crippen LogP contribution is -2.40. The molecule has 2 bridgehead atoms. The maximum absolute atomic E-state index is 13.1. The zero-order valence-corrected chi connectivity index (χ0v) is 16.4. The Morgan fingerprint density at radius 1 is 1.10 bits per heavy atom. The molecule has 1 aliphatic heterocycles. The van der Waals surface area contributed by atoms with Gasteiger partial charge in [-0.3, -0.25) is 9.59 Å². The molecule has 2 heterocycles. The van der Waals surface area contributed by atoms with Gasteiger partial charge in [-0.05, 0) is 43.1 Å². The van der Waals surface area contributed by atoms with Gasteiger partial charge >= 0.3 is 0 Å². The standard InChI is InChI=1S/C24H23N3O2/c1-3-10-26-13(2)19(14-6-4-5-7-20(14)26)12-25-27-23(28)21-15-8-9-16(18-11-17(15)18)22(21)24(27)29/h3-9,12,15-18,21-22H,1,10-11H2,2H3/b25-12-/t15-,16-,17-,18-,21-,22+/m0/s1. The summed E-state index contributed by atoms with van der Waals surface area (Å²) in [5.74, 6) is 1.01. The van der Waals surface area contributed by atoms with Gasteiger partial charge in [0.1, 0.15) is 0 Å². The molecule has 2 saturated carbocycles. The van der Waals surface area contributed by atoms with E-state index >= 15 is 0 Å². The molecule has 1 aromatic heterocycles. The number of hydrogen-bond donors (Lipinski definition) is 0. The maximum atomic E-state index is 13.1. The zero-order valence-electron chi connectivity index (χ0n) is 16.4. The van der Waals surface area contributed by atoms with Crippen LogP contribution in [-0.4, -0.2) is 27.6 Å². The van der Waals surface area contributed by atoms with Crippen molar-refractivity contribution in [2.75, 3.05) is 0 Å². The van der Waals surface area contributed by atoms with Crippen LogP contribution in [0.3, 0.4) is 0 Å². The van der Waals surface area contributed by atoms with E-state index in [1.807, 2.05) is 31.2 Å². The van der Waals surface area contributed by atoms with E-state index < -0.39 is 0 Å². The first-order chi connectivity index (χ1) is 14.1. The zero-order chi connectivity index (χ0) is 19.9. The third kappa shape index (κ3) is 2.13. The van der Waals surface area contributed by atoms with E-state index in [1.54, 1.807) is 6.21 Å². The number of rotatable bonds is 4. The lowest BCUT2D eigenvalue weighted by molar-refractivity contribution is -0.140. The molecule has 0 spiro atoms. The van der Waals surface area contributed by atoms with Gasteiger partial charge in [-0.1, -0.05) is 36.4 Å². The Kier molecular flexibility index (Phi) is 3.38. The fourth-order valence-corrected chi connectivity index (χ4v) is 6.16. The molecule has 2 amide bonds. The average molecular weight is 385 g/mol. The van der Waals surface area contributed by atoms with Gasteiger partial charge in [0, 0.05) is 28.7 Å². The van der Waals surface area contributed by atoms with Crippen molar-refractivity contribution in [1.82, 2.24) is 9.58 Å². The maximum Gasteiger partial charge on any atom is 0.254 e. The van der Waals surface area contributed by atoms with E-state index in [1.165, 1.54) is 6.42 Å². The van der Waals surface area contributed by atoms with Crippen LogP contribution in [0.1, 0.15) is 17.7 Å². The smallest absolute Gasteiger partial charge is 0.254 e. The van der Waals surface area contributed by atoms with Gasteiger partial charge < -0.3 is 4.57 Å². The Labute approximate surface area is 169 Å². The van der Waals surface area contributed by atoms with Crippen molar-refractivity contribution in [3.05, 3.63) is 60.3 Å². The second-order valence-corrected chi connectivity index (χ2v) is 8.80. The quantitative estimate of drug-likeness (QED) is 0.459. The summed E-state index contributed by atoms with van der Waals surface area (Å²) < 4.78 is 2.18. The molecule has 1 saturated heterocycles. The number of fused-ring (bicyclic) bond motifs is 1. The summed E-state index contributed by atoms with van der Waals surface area (Å²) in [6, 6.07) is 8.12. The second-order valence-electron chi connectivity index (χ2n) is 8.80. The normalized spacial score (nSPS) is 34.3. The van der Waals surface area contributed by atoms with E-state index in [-0.39, 0.29) is 35.5 Å². The van der Waals surface area contributed by atoms with Gasteiger partial charge in [-0.15, -0.1) is 6.58 Å². The molecule has 29 heavy (non-hydrogen) atoms. The molecule has 7 rings (SSSR count). The Bertz CT molecular complexity index is 1100. The minimum atomic E-state index is -0.207. The van der Waals surface area contributed by atoms with Crippen LogP contribution in [0.5, 0.6) is 0 Å². The second kappa shape index (κ2) is 5.78. The van der Waals surface area contributed by atoms with E-state index in [0.29, 0.717) is 18.4 Å². The van der Waals surface area contributed by atoms with Crippen LogP contribution in [0, 0.1) is 42.4 Å². The largest absolute Gasteiger partial charge is 0.340 e. The SMILES string of the molecule is C=CCn1c(C)c(/C=N\N2C(=O)[C@@H]3[C@H]4C=C[C@@H]([C@@H]5C[C@@H]45)[C@@H]3C2=O)c2ccccc21. The summed E-state index contributed by atoms with van der Waals surface area (Å²) >= 11 is 0. The molecule has 4 aliphatic carbocycles. The number of imide groups is 1. The minimum Gasteiger partial charge on any atom is -0.340 e. The topological polar surface area (TPSA) is 54.7 Å². The lowest BCUT2D eigenvalue weighted by Gasteiger charge is -2.37. The van der Waals surface area contributed by atoms with E-state index in [9.17, 15) is 9.59 Å². The van der Waals surface area contributed by atoms with Crippen LogP contribution in [0.2, 0.25) is 0 Å². The summed E-state index contributed by atoms with van der Waals surface area (Å²) in [6.07, 6.45) is 9.10. The van der Waals surface area contributed by atoms with Crippen molar-refractivity contribution >= 4 is 28.9 Å². The molecule has 6 atom stereocenters. The van der Waals surface area contributed by atoms with Crippen molar-refractivity contribution in [1.29, 1.82) is 0 Å². The van der Waals surface area contributed by atoms with Crippen molar-refractivity contribution in [3.8, 4) is 0 Å². The van der Waals surface area contributed by atoms with E-state index in [4.69, 9.17) is 0 Å². The van der Waals surface area contributed by atoms with E-state index in [2.05, 4.69) is 34.5 Å². The third-order valence-electron chi connectivity index (χ3n) is 7.53. The van der Waals surface area contributed by atoms with Gasteiger partial charge in [0.05, 0.1) is 18.1 Å². The Balaban J connectivity index is 1.37. The Hall–Kier alpha value is -2.95. The van der Waals surface area contributed by atoms with Gasteiger partial charge in [0.25, 0.3) is 11.8 Å². The number of nitrogens with zero attached hydrogens (tertiary/aromatic N) is 3. The number of aromatic nitrogens is 1. The van der Waals surface area contributed by atoms with Crippen LogP contribution in [0.25, 0.3) is 10.9 Å². The molecule has 0 N–H and O–H groups in total. The van der Waals surface area contributed by atoms with Gasteiger partial charge in [-0.25, -0.2) is 0 Å². The Morgan fingerprint density at radius 3 is 2.41 bits per heavy atom. The van der Waals surface area contributed by atoms with Crippen LogP contribution in [-0.2, 0) is 16.1 Å². The highest BCUT2D eigenvalue weighted by Crippen LogP contribution is 2.65. The van der Waals surface area contributed by atoms with Crippen LogP contribution in [0.15, 0.2) is 54.2 Å². The highest BCUT2D eigenvalue weighted by Gasteiger charge is 2.67. The fraction of sp³-hybridized carbons (Fsp3) is 0.375.